The van der Waals surface area contributed by atoms with Gasteiger partial charge in [0.2, 0.25) is 5.91 Å². The maximum absolute atomic E-state index is 13.0. The van der Waals surface area contributed by atoms with Gasteiger partial charge in [0.1, 0.15) is 17.5 Å². The number of Topliss-reactive ketones (excluding diaryl/α,β-unsaturated/α-hetero) is 1. The molecule has 2 N–H and O–H groups in total. The van der Waals surface area contributed by atoms with Gasteiger partial charge in [0, 0.05) is 17.9 Å². The fraction of sp³-hybridized carbons (Fsp3) is 0.192. The van der Waals surface area contributed by atoms with E-state index >= 15 is 0 Å². The zero-order valence-electron chi connectivity index (χ0n) is 17.7. The molecule has 0 aliphatic heterocycles. The Labute approximate surface area is 186 Å². The summed E-state index contributed by atoms with van der Waals surface area (Å²) < 4.78 is 5.80. The number of ether oxygens (including phenoxy) is 1. The molecule has 3 rings (SSSR count). The molecule has 0 spiro atoms. The fourth-order valence-electron chi connectivity index (χ4n) is 3.25. The highest BCUT2D eigenvalue weighted by Crippen LogP contribution is 2.24. The Morgan fingerprint density at radius 2 is 1.50 bits per heavy atom. The molecular weight excluding hydrogens is 406 g/mol. The number of rotatable bonds is 10. The number of para-hydroxylation sites is 1. The molecule has 0 radical (unpaired) electrons. The summed E-state index contributed by atoms with van der Waals surface area (Å²) in [5.74, 6) is -1.35. The number of hydrogen-bond acceptors (Lipinski definition) is 4. The molecule has 0 unspecified atom stereocenters. The molecule has 32 heavy (non-hydrogen) atoms. The monoisotopic (exact) mass is 431 g/mol. The Morgan fingerprint density at radius 3 is 2.16 bits per heavy atom. The van der Waals surface area contributed by atoms with Crippen molar-refractivity contribution in [2.75, 3.05) is 0 Å². The number of amides is 1. The molecule has 0 saturated carbocycles. The van der Waals surface area contributed by atoms with E-state index in [0.717, 1.165) is 5.56 Å². The average molecular weight is 431 g/mol. The molecule has 0 heterocycles. The van der Waals surface area contributed by atoms with Gasteiger partial charge in [-0.2, -0.15) is 0 Å². The van der Waals surface area contributed by atoms with E-state index in [1.165, 1.54) is 6.92 Å². The normalized spacial score (nSPS) is 12.4. The van der Waals surface area contributed by atoms with Crippen LogP contribution in [0.5, 0.6) is 11.5 Å². The van der Waals surface area contributed by atoms with Crippen LogP contribution in [0.2, 0.25) is 0 Å². The summed E-state index contributed by atoms with van der Waals surface area (Å²) in [4.78, 5) is 37.0. The van der Waals surface area contributed by atoms with Crippen molar-refractivity contribution in [3.8, 4) is 11.5 Å². The lowest BCUT2D eigenvalue weighted by atomic mass is 9.91. The Hall–Kier alpha value is -3.93. The number of carboxylic acids is 1. The van der Waals surface area contributed by atoms with E-state index in [0.29, 0.717) is 23.5 Å². The third-order valence-corrected chi connectivity index (χ3v) is 4.99. The highest BCUT2D eigenvalue weighted by molar-refractivity contribution is 5.99. The van der Waals surface area contributed by atoms with Gasteiger partial charge < -0.3 is 15.2 Å². The Kier molecular flexibility index (Phi) is 7.75. The second kappa shape index (κ2) is 10.9. The first-order chi connectivity index (χ1) is 15.4. The first-order valence-corrected chi connectivity index (χ1v) is 10.4. The van der Waals surface area contributed by atoms with Crippen molar-refractivity contribution in [3.63, 3.8) is 0 Å². The van der Waals surface area contributed by atoms with Crippen LogP contribution in [0.25, 0.3) is 0 Å². The van der Waals surface area contributed by atoms with E-state index in [4.69, 9.17) is 9.84 Å². The molecule has 0 aromatic heterocycles. The lowest BCUT2D eigenvalue weighted by molar-refractivity contribution is -0.141. The second-order valence-corrected chi connectivity index (χ2v) is 7.53. The van der Waals surface area contributed by atoms with E-state index in [9.17, 15) is 14.4 Å². The maximum Gasteiger partial charge on any atom is 0.325 e. The molecule has 3 aromatic carbocycles. The largest absolute Gasteiger partial charge is 0.480 e. The lowest BCUT2D eigenvalue weighted by Crippen LogP contribution is -2.42. The molecule has 2 atom stereocenters. The topological polar surface area (TPSA) is 92.7 Å². The van der Waals surface area contributed by atoms with E-state index in [1.54, 1.807) is 24.3 Å². The maximum atomic E-state index is 13.0. The van der Waals surface area contributed by atoms with Crippen molar-refractivity contribution >= 4 is 17.7 Å². The van der Waals surface area contributed by atoms with Crippen molar-refractivity contribution in [1.82, 2.24) is 5.32 Å². The van der Waals surface area contributed by atoms with Gasteiger partial charge in [-0.1, -0.05) is 60.7 Å². The minimum absolute atomic E-state index is 0.0537. The SMILES string of the molecule is C[C@H](NC(=O)[C@H](CC(=O)c1cccc(Oc2ccccc2)c1)Cc1ccccc1)C(=O)O. The van der Waals surface area contributed by atoms with E-state index in [1.807, 2.05) is 60.7 Å². The van der Waals surface area contributed by atoms with Crippen LogP contribution >= 0.6 is 0 Å². The molecule has 0 bridgehead atoms. The summed E-state index contributed by atoms with van der Waals surface area (Å²) in [6.07, 6.45) is 0.271. The van der Waals surface area contributed by atoms with Crippen molar-refractivity contribution < 1.29 is 24.2 Å². The first kappa shape index (κ1) is 22.7. The summed E-state index contributed by atoms with van der Waals surface area (Å²) in [5.41, 5.74) is 1.32. The summed E-state index contributed by atoms with van der Waals surface area (Å²) in [7, 11) is 0. The van der Waals surface area contributed by atoms with Crippen LogP contribution in [-0.2, 0) is 16.0 Å². The summed E-state index contributed by atoms with van der Waals surface area (Å²) in [6, 6.07) is 24.3. The van der Waals surface area contributed by atoms with Gasteiger partial charge in [0.05, 0.1) is 0 Å². The zero-order chi connectivity index (χ0) is 22.9. The zero-order valence-corrected chi connectivity index (χ0v) is 17.7. The summed E-state index contributed by atoms with van der Waals surface area (Å²) in [6.45, 7) is 1.39. The van der Waals surface area contributed by atoms with Gasteiger partial charge in [-0.25, -0.2) is 0 Å². The van der Waals surface area contributed by atoms with E-state index in [-0.39, 0.29) is 12.2 Å². The van der Waals surface area contributed by atoms with Crippen molar-refractivity contribution in [2.45, 2.75) is 25.8 Å². The van der Waals surface area contributed by atoms with Gasteiger partial charge in [-0.15, -0.1) is 0 Å². The fourth-order valence-corrected chi connectivity index (χ4v) is 3.25. The molecule has 3 aromatic rings. The van der Waals surface area contributed by atoms with Gasteiger partial charge in [0.25, 0.3) is 0 Å². The molecule has 6 nitrogen and oxygen atoms in total. The highest BCUT2D eigenvalue weighted by Gasteiger charge is 2.26. The van der Waals surface area contributed by atoms with Crippen LogP contribution in [0.1, 0.15) is 29.3 Å². The van der Waals surface area contributed by atoms with Crippen LogP contribution in [0.15, 0.2) is 84.9 Å². The molecule has 1 amide bonds. The molecule has 0 aliphatic rings. The second-order valence-electron chi connectivity index (χ2n) is 7.53. The van der Waals surface area contributed by atoms with Crippen LogP contribution in [0.3, 0.4) is 0 Å². The third-order valence-electron chi connectivity index (χ3n) is 4.99. The molecule has 6 heteroatoms. The molecule has 0 fully saturated rings. The van der Waals surface area contributed by atoms with Gasteiger partial charge in [-0.3, -0.25) is 14.4 Å². The molecule has 164 valence electrons. The smallest absolute Gasteiger partial charge is 0.325 e. The first-order valence-electron chi connectivity index (χ1n) is 10.4. The summed E-state index contributed by atoms with van der Waals surface area (Å²) >= 11 is 0. The minimum Gasteiger partial charge on any atom is -0.480 e. The van der Waals surface area contributed by atoms with E-state index < -0.39 is 23.8 Å². The van der Waals surface area contributed by atoms with Crippen LogP contribution in [0, 0.1) is 5.92 Å². The van der Waals surface area contributed by atoms with Gasteiger partial charge >= 0.3 is 5.97 Å². The predicted molar refractivity (Wildman–Crippen MR) is 121 cm³/mol. The predicted octanol–water partition coefficient (Wildman–Crippen LogP) is 4.50. The molecule has 0 aliphatic carbocycles. The molecular formula is C26H25NO5. The Morgan fingerprint density at radius 1 is 0.875 bits per heavy atom. The number of ketones is 1. The van der Waals surface area contributed by atoms with Crippen molar-refractivity contribution in [2.24, 2.45) is 5.92 Å². The van der Waals surface area contributed by atoms with Gasteiger partial charge in [-0.05, 0) is 43.2 Å². The number of carbonyl (C=O) groups excluding carboxylic acids is 2. The van der Waals surface area contributed by atoms with Crippen LogP contribution < -0.4 is 10.1 Å². The molecule has 0 saturated heterocycles. The average Bonchev–Trinajstić information content (AvgIpc) is 2.80. The van der Waals surface area contributed by atoms with Gasteiger partial charge in [0.15, 0.2) is 5.78 Å². The summed E-state index contributed by atoms with van der Waals surface area (Å²) in [5, 5.41) is 11.6. The van der Waals surface area contributed by atoms with Crippen molar-refractivity contribution in [1.29, 1.82) is 0 Å². The number of hydrogen-bond donors (Lipinski definition) is 2. The number of nitrogens with one attached hydrogen (secondary N) is 1. The van der Waals surface area contributed by atoms with Crippen molar-refractivity contribution in [3.05, 3.63) is 96.1 Å². The third kappa shape index (κ3) is 6.54. The number of carboxylic acid groups (broad SMARTS) is 1. The Balaban J connectivity index is 1.75. The van der Waals surface area contributed by atoms with Crippen LogP contribution in [-0.4, -0.2) is 28.8 Å². The quantitative estimate of drug-likeness (QED) is 0.461. The minimum atomic E-state index is -1.13. The number of carbonyl (C=O) groups is 3. The number of aliphatic carboxylic acids is 1. The standard InChI is InChI=1S/C26H25NO5/c1-18(26(30)31)27-25(29)21(15-19-9-4-2-5-10-19)17-24(28)20-11-8-14-23(16-20)32-22-12-6-3-7-13-22/h2-14,16,18,21H,15,17H2,1H3,(H,27,29)(H,30,31)/t18-,21-/m0/s1. The number of benzene rings is 3. The Bertz CT molecular complexity index is 1070. The van der Waals surface area contributed by atoms with E-state index in [2.05, 4.69) is 5.32 Å². The lowest BCUT2D eigenvalue weighted by Gasteiger charge is -2.18. The van der Waals surface area contributed by atoms with Crippen LogP contribution in [0.4, 0.5) is 0 Å². The highest BCUT2D eigenvalue weighted by atomic mass is 16.5.